The number of carbonyl (C=O) groups excluding carboxylic acids is 1. The zero-order chi connectivity index (χ0) is 18.5. The third kappa shape index (κ3) is 3.83. The summed E-state index contributed by atoms with van der Waals surface area (Å²) in [5, 5.41) is 12.0. The van der Waals surface area contributed by atoms with Gasteiger partial charge < -0.3 is 10.1 Å². The molecule has 3 rings (SSSR count). The van der Waals surface area contributed by atoms with Crippen LogP contribution < -0.4 is 5.32 Å². The summed E-state index contributed by atoms with van der Waals surface area (Å²) in [6, 6.07) is 7.49. The summed E-state index contributed by atoms with van der Waals surface area (Å²) >= 11 is 1.40. The van der Waals surface area contributed by atoms with E-state index in [9.17, 15) is 4.79 Å². The molecule has 134 valence electrons. The number of esters is 1. The molecule has 0 aliphatic rings. The molecule has 0 aliphatic heterocycles. The van der Waals surface area contributed by atoms with Gasteiger partial charge in [0.2, 0.25) is 0 Å². The van der Waals surface area contributed by atoms with Crippen LogP contribution in [0.2, 0.25) is 0 Å². The van der Waals surface area contributed by atoms with Crippen LogP contribution >= 0.6 is 11.8 Å². The number of hydrogen-bond donors (Lipinski definition) is 1. The molecule has 0 saturated heterocycles. The van der Waals surface area contributed by atoms with Crippen molar-refractivity contribution in [2.45, 2.75) is 19.0 Å². The van der Waals surface area contributed by atoms with Crippen molar-refractivity contribution in [3.63, 3.8) is 0 Å². The van der Waals surface area contributed by atoms with E-state index in [1.165, 1.54) is 16.6 Å². The molecule has 0 spiro atoms. The number of ether oxygens (including phenoxy) is 1. The molecule has 0 aliphatic carbocycles. The second-order valence-corrected chi connectivity index (χ2v) is 6.01. The highest BCUT2D eigenvalue weighted by molar-refractivity contribution is 7.98. The number of aromatic nitrogens is 5. The van der Waals surface area contributed by atoms with Gasteiger partial charge in [-0.2, -0.15) is 15.0 Å². The molecule has 8 nitrogen and oxygen atoms in total. The van der Waals surface area contributed by atoms with Crippen molar-refractivity contribution in [1.82, 2.24) is 25.0 Å². The lowest BCUT2D eigenvalue weighted by molar-refractivity contribution is 0.0525. The molecule has 1 aromatic carbocycles. The number of nitrogens with zero attached hydrogens (tertiary/aromatic N) is 5. The number of benzene rings is 1. The molecule has 9 heteroatoms. The maximum absolute atomic E-state index is 12.4. The predicted octanol–water partition coefficient (Wildman–Crippen LogP) is 3.01. The van der Waals surface area contributed by atoms with Gasteiger partial charge in [0.1, 0.15) is 11.4 Å². The van der Waals surface area contributed by atoms with Crippen molar-refractivity contribution in [3.05, 3.63) is 47.9 Å². The Morgan fingerprint density at radius 3 is 2.73 bits per heavy atom. The Morgan fingerprint density at radius 1 is 1.27 bits per heavy atom. The molecule has 0 radical (unpaired) electrons. The first-order chi connectivity index (χ1) is 12.6. The first-order valence-corrected chi connectivity index (χ1v) is 9.18. The minimum atomic E-state index is -0.454. The van der Waals surface area contributed by atoms with Crippen LogP contribution in [-0.2, 0) is 4.74 Å². The Balaban J connectivity index is 2.00. The lowest BCUT2D eigenvalue weighted by Gasteiger charge is -2.14. The van der Waals surface area contributed by atoms with E-state index in [2.05, 4.69) is 25.5 Å². The van der Waals surface area contributed by atoms with E-state index in [4.69, 9.17) is 4.74 Å². The molecule has 0 atom stereocenters. The maximum atomic E-state index is 12.4. The summed E-state index contributed by atoms with van der Waals surface area (Å²) in [5.74, 6) is -0.0454. The monoisotopic (exact) mass is 370 g/mol. The molecule has 2 aromatic heterocycles. The van der Waals surface area contributed by atoms with Crippen LogP contribution in [0, 0.1) is 6.92 Å². The number of thioether (sulfide) groups is 1. The molecular formula is C17H18N6O2S. The minimum absolute atomic E-state index is 0.280. The van der Waals surface area contributed by atoms with Crippen LogP contribution in [-0.4, -0.2) is 43.8 Å². The Hall–Kier alpha value is -2.94. The summed E-state index contributed by atoms with van der Waals surface area (Å²) in [4.78, 5) is 22.7. The molecule has 2 heterocycles. The van der Waals surface area contributed by atoms with Crippen LogP contribution in [0.5, 0.6) is 0 Å². The van der Waals surface area contributed by atoms with E-state index in [1.54, 1.807) is 26.2 Å². The number of rotatable bonds is 6. The summed E-state index contributed by atoms with van der Waals surface area (Å²) in [5.41, 5.74) is 2.42. The van der Waals surface area contributed by atoms with Gasteiger partial charge in [0.05, 0.1) is 30.4 Å². The number of carbonyl (C=O) groups is 1. The molecule has 3 aromatic rings. The average molecular weight is 370 g/mol. The highest BCUT2D eigenvalue weighted by Crippen LogP contribution is 2.25. The van der Waals surface area contributed by atoms with E-state index in [1.807, 2.05) is 30.5 Å². The Labute approximate surface area is 155 Å². The van der Waals surface area contributed by atoms with Gasteiger partial charge in [-0.15, -0.1) is 0 Å². The van der Waals surface area contributed by atoms with Gasteiger partial charge in [0.25, 0.3) is 0 Å². The first-order valence-electron chi connectivity index (χ1n) is 7.96. The quantitative estimate of drug-likeness (QED) is 0.402. The van der Waals surface area contributed by atoms with Gasteiger partial charge in [-0.3, -0.25) is 0 Å². The predicted molar refractivity (Wildman–Crippen MR) is 99.1 cm³/mol. The lowest BCUT2D eigenvalue weighted by atomic mass is 10.2. The van der Waals surface area contributed by atoms with E-state index in [0.29, 0.717) is 22.2 Å². The standard InChI is InChI=1S/C17H18N6O2S/c1-4-25-16(24)14-11(2)20-17(26-3)22-15(14)21-12-6-5-7-13(10-12)23-18-8-9-19-23/h5-10H,4H2,1-3H3,(H,20,21,22). The van der Waals surface area contributed by atoms with Gasteiger partial charge in [0.15, 0.2) is 5.16 Å². The van der Waals surface area contributed by atoms with Crippen LogP contribution in [0.1, 0.15) is 23.0 Å². The van der Waals surface area contributed by atoms with Crippen LogP contribution in [0.3, 0.4) is 0 Å². The van der Waals surface area contributed by atoms with E-state index < -0.39 is 5.97 Å². The summed E-state index contributed by atoms with van der Waals surface area (Å²) < 4.78 is 5.15. The van der Waals surface area contributed by atoms with Crippen LogP contribution in [0.4, 0.5) is 11.5 Å². The molecule has 1 N–H and O–H groups in total. The minimum Gasteiger partial charge on any atom is -0.462 e. The van der Waals surface area contributed by atoms with Crippen molar-refractivity contribution in [2.24, 2.45) is 0 Å². The van der Waals surface area contributed by atoms with Crippen molar-refractivity contribution in [3.8, 4) is 5.69 Å². The smallest absolute Gasteiger partial charge is 0.343 e. The summed E-state index contributed by atoms with van der Waals surface area (Å²) in [6.07, 6.45) is 5.10. The fraction of sp³-hybridized carbons (Fsp3) is 0.235. The third-order valence-corrected chi connectivity index (χ3v) is 4.04. The summed E-state index contributed by atoms with van der Waals surface area (Å²) in [7, 11) is 0. The normalized spacial score (nSPS) is 10.6. The molecule has 0 saturated carbocycles. The van der Waals surface area contributed by atoms with Gasteiger partial charge in [-0.25, -0.2) is 14.8 Å². The Bertz CT molecular complexity index is 914. The third-order valence-electron chi connectivity index (χ3n) is 3.49. The molecule has 0 amide bonds. The van der Waals surface area contributed by atoms with Crippen molar-refractivity contribution < 1.29 is 9.53 Å². The molecule has 0 unspecified atom stereocenters. The fourth-order valence-electron chi connectivity index (χ4n) is 2.37. The lowest BCUT2D eigenvalue weighted by Crippen LogP contribution is -2.13. The highest BCUT2D eigenvalue weighted by atomic mass is 32.2. The van der Waals surface area contributed by atoms with E-state index in [0.717, 1.165) is 11.4 Å². The second kappa shape index (κ2) is 7.96. The zero-order valence-corrected chi connectivity index (χ0v) is 15.4. The fourth-order valence-corrected chi connectivity index (χ4v) is 2.78. The van der Waals surface area contributed by atoms with Crippen LogP contribution in [0.25, 0.3) is 5.69 Å². The Kier molecular flexibility index (Phi) is 5.47. The molecular weight excluding hydrogens is 352 g/mol. The van der Waals surface area contributed by atoms with Gasteiger partial charge >= 0.3 is 5.97 Å². The zero-order valence-electron chi connectivity index (χ0n) is 14.6. The first kappa shape index (κ1) is 17.9. The second-order valence-electron chi connectivity index (χ2n) is 5.23. The number of hydrogen-bond acceptors (Lipinski definition) is 8. The summed E-state index contributed by atoms with van der Waals surface area (Å²) in [6.45, 7) is 3.81. The van der Waals surface area contributed by atoms with Crippen molar-refractivity contribution in [1.29, 1.82) is 0 Å². The SMILES string of the molecule is CCOC(=O)c1c(C)nc(SC)nc1Nc1cccc(-n2nccn2)c1. The topological polar surface area (TPSA) is 94.8 Å². The number of nitrogens with one attached hydrogen (secondary N) is 1. The highest BCUT2D eigenvalue weighted by Gasteiger charge is 2.20. The molecule has 0 bridgehead atoms. The molecule has 0 fully saturated rings. The average Bonchev–Trinajstić information content (AvgIpc) is 3.16. The number of anilines is 2. The Morgan fingerprint density at radius 2 is 2.04 bits per heavy atom. The van der Waals surface area contributed by atoms with Gasteiger partial charge in [0, 0.05) is 5.69 Å². The van der Waals surface area contributed by atoms with E-state index >= 15 is 0 Å². The van der Waals surface area contributed by atoms with E-state index in [-0.39, 0.29) is 6.61 Å². The van der Waals surface area contributed by atoms with Gasteiger partial charge in [-0.1, -0.05) is 17.8 Å². The number of aryl methyl sites for hydroxylation is 1. The van der Waals surface area contributed by atoms with Gasteiger partial charge in [-0.05, 0) is 38.3 Å². The van der Waals surface area contributed by atoms with Crippen molar-refractivity contribution >= 4 is 29.2 Å². The molecule has 26 heavy (non-hydrogen) atoms. The largest absolute Gasteiger partial charge is 0.462 e. The van der Waals surface area contributed by atoms with Crippen molar-refractivity contribution in [2.75, 3.05) is 18.2 Å². The van der Waals surface area contributed by atoms with Crippen LogP contribution in [0.15, 0.2) is 41.8 Å². The maximum Gasteiger partial charge on any atom is 0.343 e.